The highest BCUT2D eigenvalue weighted by molar-refractivity contribution is 5.98. The van der Waals surface area contributed by atoms with Crippen LogP contribution in [0.2, 0.25) is 0 Å². The van der Waals surface area contributed by atoms with Crippen LogP contribution in [0, 0.1) is 0 Å². The molecule has 0 fully saturated rings. The van der Waals surface area contributed by atoms with Crippen LogP contribution in [0.3, 0.4) is 0 Å². The van der Waals surface area contributed by atoms with E-state index in [1.54, 1.807) is 72.5 Å². The molecule has 0 saturated heterocycles. The summed E-state index contributed by atoms with van der Waals surface area (Å²) in [6, 6.07) is 8.48. The second-order valence-electron chi connectivity index (χ2n) is 7.43. The lowest BCUT2D eigenvalue weighted by Gasteiger charge is -2.26. The predicted molar refractivity (Wildman–Crippen MR) is 105 cm³/mol. The van der Waals surface area contributed by atoms with E-state index in [0.717, 1.165) is 11.1 Å². The van der Waals surface area contributed by atoms with Crippen molar-refractivity contribution in [3.63, 3.8) is 0 Å². The normalized spacial score (nSPS) is 12.4. The first kappa shape index (κ1) is 20.6. The Hall–Kier alpha value is -2.73. The SMILES string of the molecule is CC(C(=O)N(C)C)N(C)C(=O)c1cccc(-c2cncc(C(C)(C)O)c2)c1. The number of aromatic nitrogens is 1. The smallest absolute Gasteiger partial charge is 0.254 e. The molecule has 0 spiro atoms. The minimum absolute atomic E-state index is 0.135. The van der Waals surface area contributed by atoms with Crippen LogP contribution in [0.15, 0.2) is 42.7 Å². The summed E-state index contributed by atoms with van der Waals surface area (Å²) >= 11 is 0. The summed E-state index contributed by atoms with van der Waals surface area (Å²) in [6.45, 7) is 5.11. The minimum Gasteiger partial charge on any atom is -0.386 e. The lowest BCUT2D eigenvalue weighted by Crippen LogP contribution is -2.45. The molecule has 27 heavy (non-hydrogen) atoms. The molecule has 0 aliphatic carbocycles. The van der Waals surface area contributed by atoms with Gasteiger partial charge < -0.3 is 14.9 Å². The number of likely N-dealkylation sites (N-methyl/N-ethyl adjacent to an activating group) is 2. The van der Waals surface area contributed by atoms with E-state index in [4.69, 9.17) is 0 Å². The highest BCUT2D eigenvalue weighted by atomic mass is 16.3. The largest absolute Gasteiger partial charge is 0.386 e. The Balaban J connectivity index is 2.33. The molecule has 0 saturated carbocycles. The molecule has 1 aromatic heterocycles. The summed E-state index contributed by atoms with van der Waals surface area (Å²) in [4.78, 5) is 32.1. The molecule has 1 unspecified atom stereocenters. The molecule has 2 aromatic rings. The maximum atomic E-state index is 12.8. The van der Waals surface area contributed by atoms with Gasteiger partial charge in [0.05, 0.1) is 5.60 Å². The van der Waals surface area contributed by atoms with E-state index in [-0.39, 0.29) is 11.8 Å². The number of hydrogen-bond donors (Lipinski definition) is 1. The third-order valence-corrected chi connectivity index (χ3v) is 4.59. The van der Waals surface area contributed by atoms with Crippen LogP contribution in [-0.4, -0.2) is 58.9 Å². The summed E-state index contributed by atoms with van der Waals surface area (Å²) in [5.41, 5.74) is 1.81. The van der Waals surface area contributed by atoms with Gasteiger partial charge in [-0.3, -0.25) is 14.6 Å². The molecule has 0 aliphatic rings. The van der Waals surface area contributed by atoms with Crippen LogP contribution in [-0.2, 0) is 10.4 Å². The first-order valence-corrected chi connectivity index (χ1v) is 8.79. The van der Waals surface area contributed by atoms with E-state index in [0.29, 0.717) is 11.1 Å². The highest BCUT2D eigenvalue weighted by Crippen LogP contribution is 2.26. The Morgan fingerprint density at radius 3 is 2.33 bits per heavy atom. The van der Waals surface area contributed by atoms with Gasteiger partial charge in [-0.2, -0.15) is 0 Å². The fourth-order valence-electron chi connectivity index (χ4n) is 2.68. The van der Waals surface area contributed by atoms with Crippen molar-refractivity contribution in [3.8, 4) is 11.1 Å². The molecule has 0 radical (unpaired) electrons. The fraction of sp³-hybridized carbons (Fsp3) is 0.381. The lowest BCUT2D eigenvalue weighted by molar-refractivity contribution is -0.132. The Morgan fingerprint density at radius 2 is 1.74 bits per heavy atom. The van der Waals surface area contributed by atoms with Crippen molar-refractivity contribution in [3.05, 3.63) is 53.9 Å². The number of nitrogens with zero attached hydrogens (tertiary/aromatic N) is 3. The van der Waals surface area contributed by atoms with Crippen molar-refractivity contribution < 1.29 is 14.7 Å². The molecule has 6 heteroatoms. The summed E-state index contributed by atoms with van der Waals surface area (Å²) in [5.74, 6) is -0.366. The third-order valence-electron chi connectivity index (χ3n) is 4.59. The van der Waals surface area contributed by atoms with Crippen molar-refractivity contribution in [2.45, 2.75) is 32.4 Å². The van der Waals surface area contributed by atoms with Crippen molar-refractivity contribution in [1.82, 2.24) is 14.8 Å². The molecule has 0 aliphatic heterocycles. The Kier molecular flexibility index (Phi) is 6.01. The predicted octanol–water partition coefficient (Wildman–Crippen LogP) is 2.52. The Morgan fingerprint density at radius 1 is 1.07 bits per heavy atom. The van der Waals surface area contributed by atoms with Crippen LogP contribution in [0.1, 0.15) is 36.7 Å². The van der Waals surface area contributed by atoms with Crippen molar-refractivity contribution >= 4 is 11.8 Å². The van der Waals surface area contributed by atoms with Crippen molar-refractivity contribution in [2.75, 3.05) is 21.1 Å². The fourth-order valence-corrected chi connectivity index (χ4v) is 2.68. The second-order valence-corrected chi connectivity index (χ2v) is 7.43. The van der Waals surface area contributed by atoms with E-state index < -0.39 is 11.6 Å². The van der Waals surface area contributed by atoms with Crippen LogP contribution < -0.4 is 0 Å². The first-order valence-electron chi connectivity index (χ1n) is 8.79. The molecular weight excluding hydrogens is 342 g/mol. The number of pyridine rings is 1. The number of hydrogen-bond acceptors (Lipinski definition) is 4. The molecular formula is C21H27N3O3. The van der Waals surface area contributed by atoms with Crippen molar-refractivity contribution in [1.29, 1.82) is 0 Å². The Labute approximate surface area is 160 Å². The van der Waals surface area contributed by atoms with E-state index in [1.165, 1.54) is 9.80 Å². The number of benzene rings is 1. The van der Waals surface area contributed by atoms with Gasteiger partial charge in [0.15, 0.2) is 0 Å². The van der Waals surface area contributed by atoms with Gasteiger partial charge >= 0.3 is 0 Å². The molecule has 6 nitrogen and oxygen atoms in total. The summed E-state index contributed by atoms with van der Waals surface area (Å²) < 4.78 is 0. The number of carbonyl (C=O) groups excluding carboxylic acids is 2. The van der Waals surface area contributed by atoms with Gasteiger partial charge in [-0.1, -0.05) is 12.1 Å². The lowest BCUT2D eigenvalue weighted by atomic mass is 9.96. The molecule has 1 heterocycles. The monoisotopic (exact) mass is 369 g/mol. The summed E-state index contributed by atoms with van der Waals surface area (Å²) in [7, 11) is 4.96. The minimum atomic E-state index is -1.00. The first-order chi connectivity index (χ1) is 12.5. The molecule has 1 atom stereocenters. The number of aliphatic hydroxyl groups is 1. The topological polar surface area (TPSA) is 73.7 Å². The molecule has 1 N–H and O–H groups in total. The average Bonchev–Trinajstić information content (AvgIpc) is 2.65. The van der Waals surface area contributed by atoms with Gasteiger partial charge in [0.2, 0.25) is 5.91 Å². The molecule has 0 bridgehead atoms. The zero-order valence-electron chi connectivity index (χ0n) is 16.7. The van der Waals surface area contributed by atoms with Crippen LogP contribution >= 0.6 is 0 Å². The van der Waals surface area contributed by atoms with Gasteiger partial charge in [-0.05, 0) is 44.5 Å². The maximum absolute atomic E-state index is 12.8. The molecule has 144 valence electrons. The third kappa shape index (κ3) is 4.71. The molecule has 1 aromatic carbocycles. The second kappa shape index (κ2) is 7.88. The van der Waals surface area contributed by atoms with E-state index in [9.17, 15) is 14.7 Å². The van der Waals surface area contributed by atoms with Crippen molar-refractivity contribution in [2.24, 2.45) is 0 Å². The van der Waals surface area contributed by atoms with Gasteiger partial charge in [-0.25, -0.2) is 0 Å². The van der Waals surface area contributed by atoms with Crippen LogP contribution in [0.25, 0.3) is 11.1 Å². The van der Waals surface area contributed by atoms with E-state index in [2.05, 4.69) is 4.98 Å². The van der Waals surface area contributed by atoms with E-state index >= 15 is 0 Å². The zero-order valence-corrected chi connectivity index (χ0v) is 16.7. The quantitative estimate of drug-likeness (QED) is 0.879. The number of carbonyl (C=O) groups is 2. The average molecular weight is 369 g/mol. The highest BCUT2D eigenvalue weighted by Gasteiger charge is 2.25. The van der Waals surface area contributed by atoms with Gasteiger partial charge in [0.1, 0.15) is 6.04 Å². The summed E-state index contributed by atoms with van der Waals surface area (Å²) in [5, 5.41) is 10.2. The number of rotatable bonds is 5. The van der Waals surface area contributed by atoms with Gasteiger partial charge in [0.25, 0.3) is 5.91 Å². The number of amides is 2. The Bertz CT molecular complexity index is 841. The van der Waals surface area contributed by atoms with Gasteiger partial charge in [0, 0.05) is 50.2 Å². The van der Waals surface area contributed by atoms with Crippen LogP contribution in [0.5, 0.6) is 0 Å². The summed E-state index contributed by atoms with van der Waals surface area (Å²) in [6.07, 6.45) is 3.32. The van der Waals surface area contributed by atoms with Gasteiger partial charge in [-0.15, -0.1) is 0 Å². The standard InChI is InChI=1S/C21H27N3O3/c1-14(19(25)23(4)5)24(6)20(26)16-9-7-8-15(10-16)17-11-18(13-22-12-17)21(2,3)27/h7-14,27H,1-6H3. The zero-order chi connectivity index (χ0) is 20.4. The molecule has 2 amide bonds. The maximum Gasteiger partial charge on any atom is 0.254 e. The van der Waals surface area contributed by atoms with E-state index in [1.807, 2.05) is 12.1 Å². The van der Waals surface area contributed by atoms with Crippen LogP contribution in [0.4, 0.5) is 0 Å². The molecule has 2 rings (SSSR count).